The van der Waals surface area contributed by atoms with Crippen molar-refractivity contribution in [3.63, 3.8) is 0 Å². The van der Waals surface area contributed by atoms with Crippen LogP contribution in [0.25, 0.3) is 11.1 Å². The number of anilines is 1. The fourth-order valence-electron chi connectivity index (χ4n) is 2.71. The molecule has 3 rings (SSSR count). The third-order valence-corrected chi connectivity index (χ3v) is 5.59. The minimum Gasteiger partial charge on any atom is -0.284 e. The lowest BCUT2D eigenvalue weighted by Crippen LogP contribution is -2.25. The van der Waals surface area contributed by atoms with E-state index in [1.165, 1.54) is 18.2 Å². The number of Topliss-reactive ketones (excluding diaryl/α,β-unsaturated/α-hetero) is 1. The third kappa shape index (κ3) is 4.65. The van der Waals surface area contributed by atoms with Gasteiger partial charge >= 0.3 is 6.18 Å². The molecule has 0 amide bonds. The topological polar surface area (TPSA) is 63.2 Å². The predicted octanol–water partition coefficient (Wildman–Crippen LogP) is 5.21. The van der Waals surface area contributed by atoms with Crippen molar-refractivity contribution >= 4 is 21.5 Å². The molecule has 150 valence electrons. The maximum absolute atomic E-state index is 13.1. The lowest BCUT2D eigenvalue weighted by molar-refractivity contribution is -0.0884. The van der Waals surface area contributed by atoms with Crippen molar-refractivity contribution in [2.75, 3.05) is 4.72 Å². The molecule has 0 aliphatic carbocycles. The van der Waals surface area contributed by atoms with Crippen LogP contribution in [0.1, 0.15) is 15.9 Å². The molecule has 29 heavy (non-hydrogen) atoms. The molecule has 1 N–H and O–H groups in total. The number of aryl methyl sites for hydroxylation is 1. The van der Waals surface area contributed by atoms with E-state index in [1.54, 1.807) is 49.4 Å². The molecular weight excluding hydrogens is 403 g/mol. The highest BCUT2D eigenvalue weighted by atomic mass is 32.2. The Kier molecular flexibility index (Phi) is 5.48. The molecule has 0 aliphatic heterocycles. The van der Waals surface area contributed by atoms with Gasteiger partial charge in [0.15, 0.2) is 0 Å². The molecule has 0 heterocycles. The summed E-state index contributed by atoms with van der Waals surface area (Å²) in [6, 6.07) is 18.0. The summed E-state index contributed by atoms with van der Waals surface area (Å²) in [6.45, 7) is 1.77. The molecule has 0 saturated heterocycles. The largest absolute Gasteiger partial charge is 0.454 e. The molecule has 0 aliphatic rings. The number of nitrogens with one attached hydrogen (secondary N) is 1. The van der Waals surface area contributed by atoms with Crippen molar-refractivity contribution in [2.45, 2.75) is 18.0 Å². The first-order chi connectivity index (χ1) is 13.6. The van der Waals surface area contributed by atoms with E-state index in [9.17, 15) is 26.4 Å². The van der Waals surface area contributed by atoms with Crippen LogP contribution in [-0.4, -0.2) is 20.4 Å². The van der Waals surface area contributed by atoms with E-state index < -0.39 is 33.2 Å². The summed E-state index contributed by atoms with van der Waals surface area (Å²) in [5.74, 6) is -2.13. The standard InChI is InChI=1S/C21H16F3NO3S/c1-14-7-10-17(11-8-14)29(27,28)25-19-12-9-16(15-5-3-2-4-6-15)13-18(19)20(26)21(22,23)24/h2-13,25H,1H3. The molecule has 0 saturated carbocycles. The van der Waals surface area contributed by atoms with Crippen molar-refractivity contribution in [3.8, 4) is 11.1 Å². The smallest absolute Gasteiger partial charge is 0.284 e. The number of rotatable bonds is 5. The second kappa shape index (κ2) is 7.71. The lowest BCUT2D eigenvalue weighted by Gasteiger charge is -2.15. The van der Waals surface area contributed by atoms with Crippen molar-refractivity contribution in [1.29, 1.82) is 0 Å². The van der Waals surface area contributed by atoms with E-state index in [0.717, 1.165) is 17.7 Å². The van der Waals surface area contributed by atoms with E-state index in [-0.39, 0.29) is 4.90 Å². The quantitative estimate of drug-likeness (QED) is 0.578. The molecule has 4 nitrogen and oxygen atoms in total. The van der Waals surface area contributed by atoms with E-state index >= 15 is 0 Å². The van der Waals surface area contributed by atoms with E-state index in [4.69, 9.17) is 0 Å². The maximum Gasteiger partial charge on any atom is 0.454 e. The molecule has 3 aromatic carbocycles. The van der Waals surface area contributed by atoms with Gasteiger partial charge in [0, 0.05) is 0 Å². The Morgan fingerprint density at radius 1 is 0.862 bits per heavy atom. The Hall–Kier alpha value is -3.13. The number of alkyl halides is 3. The predicted molar refractivity (Wildman–Crippen MR) is 104 cm³/mol. The van der Waals surface area contributed by atoms with E-state index in [2.05, 4.69) is 4.72 Å². The molecular formula is C21H16F3NO3S. The summed E-state index contributed by atoms with van der Waals surface area (Å²) in [7, 11) is -4.18. The van der Waals surface area contributed by atoms with Crippen LogP contribution in [0.5, 0.6) is 0 Å². The second-order valence-corrected chi connectivity index (χ2v) is 8.05. The van der Waals surface area contributed by atoms with Crippen LogP contribution in [0.2, 0.25) is 0 Å². The molecule has 0 radical (unpaired) electrons. The number of ketones is 1. The average Bonchev–Trinajstić information content (AvgIpc) is 2.68. The minimum atomic E-state index is -5.15. The normalized spacial score (nSPS) is 11.9. The van der Waals surface area contributed by atoms with Gasteiger partial charge < -0.3 is 0 Å². The molecule has 0 fully saturated rings. The zero-order valence-electron chi connectivity index (χ0n) is 15.2. The molecule has 0 aromatic heterocycles. The molecule has 3 aromatic rings. The Morgan fingerprint density at radius 3 is 2.07 bits per heavy atom. The summed E-state index contributed by atoms with van der Waals surface area (Å²) in [5, 5.41) is 0. The number of hydrogen-bond donors (Lipinski definition) is 1. The van der Waals surface area contributed by atoms with Crippen LogP contribution >= 0.6 is 0 Å². The number of sulfonamides is 1. The summed E-state index contributed by atoms with van der Waals surface area (Å²) < 4.78 is 66.7. The Bertz CT molecular complexity index is 1140. The van der Waals surface area contributed by atoms with Gasteiger partial charge in [0.05, 0.1) is 16.1 Å². The van der Waals surface area contributed by atoms with Gasteiger partial charge in [-0.15, -0.1) is 0 Å². The van der Waals surface area contributed by atoms with Gasteiger partial charge in [0.25, 0.3) is 15.8 Å². The summed E-state index contributed by atoms with van der Waals surface area (Å²) >= 11 is 0. The fraction of sp³-hybridized carbons (Fsp3) is 0.0952. The number of carbonyl (C=O) groups is 1. The van der Waals surface area contributed by atoms with Gasteiger partial charge in [-0.3, -0.25) is 9.52 Å². The monoisotopic (exact) mass is 419 g/mol. The zero-order valence-corrected chi connectivity index (χ0v) is 16.0. The first-order valence-electron chi connectivity index (χ1n) is 8.48. The van der Waals surface area contributed by atoms with Crippen molar-refractivity contribution in [2.24, 2.45) is 0 Å². The molecule has 0 spiro atoms. The Labute approximate surface area is 166 Å². The van der Waals surface area contributed by atoms with Crippen LogP contribution in [0.15, 0.2) is 77.7 Å². The Balaban J connectivity index is 2.08. The molecule has 8 heteroatoms. The zero-order chi connectivity index (χ0) is 21.2. The summed E-state index contributed by atoms with van der Waals surface area (Å²) in [4.78, 5) is 11.9. The SMILES string of the molecule is Cc1ccc(S(=O)(=O)Nc2ccc(-c3ccccc3)cc2C(=O)C(F)(F)F)cc1. The summed E-state index contributed by atoms with van der Waals surface area (Å²) in [6.07, 6.45) is -5.15. The Morgan fingerprint density at radius 2 is 1.48 bits per heavy atom. The van der Waals surface area contributed by atoms with Gasteiger partial charge in [0.1, 0.15) is 0 Å². The number of carbonyl (C=O) groups excluding carboxylic acids is 1. The van der Waals surface area contributed by atoms with Gasteiger partial charge in [-0.1, -0.05) is 54.1 Å². The van der Waals surface area contributed by atoms with Crippen LogP contribution in [0.4, 0.5) is 18.9 Å². The highest BCUT2D eigenvalue weighted by Crippen LogP contribution is 2.31. The number of halogens is 3. The van der Waals surface area contributed by atoms with Crippen LogP contribution in [-0.2, 0) is 10.0 Å². The number of benzene rings is 3. The maximum atomic E-state index is 13.1. The highest BCUT2D eigenvalue weighted by molar-refractivity contribution is 7.92. The third-order valence-electron chi connectivity index (χ3n) is 4.20. The first-order valence-corrected chi connectivity index (χ1v) is 9.97. The molecule has 0 unspecified atom stereocenters. The van der Waals surface area contributed by atoms with Gasteiger partial charge in [0.2, 0.25) is 0 Å². The van der Waals surface area contributed by atoms with Gasteiger partial charge in [-0.2, -0.15) is 13.2 Å². The molecule has 0 atom stereocenters. The van der Waals surface area contributed by atoms with Crippen molar-refractivity contribution in [1.82, 2.24) is 0 Å². The van der Waals surface area contributed by atoms with Gasteiger partial charge in [-0.05, 0) is 42.3 Å². The summed E-state index contributed by atoms with van der Waals surface area (Å²) in [5.41, 5.74) is 0.569. The van der Waals surface area contributed by atoms with E-state index in [1.807, 2.05) is 0 Å². The van der Waals surface area contributed by atoms with Crippen LogP contribution in [0.3, 0.4) is 0 Å². The van der Waals surface area contributed by atoms with E-state index in [0.29, 0.717) is 11.1 Å². The van der Waals surface area contributed by atoms with Crippen LogP contribution in [0, 0.1) is 6.92 Å². The minimum absolute atomic E-state index is 0.124. The lowest BCUT2D eigenvalue weighted by atomic mass is 9.99. The number of hydrogen-bond acceptors (Lipinski definition) is 3. The van der Waals surface area contributed by atoms with Gasteiger partial charge in [-0.25, -0.2) is 8.42 Å². The average molecular weight is 419 g/mol. The molecule has 0 bridgehead atoms. The second-order valence-electron chi connectivity index (χ2n) is 6.37. The first kappa shape index (κ1) is 20.6. The van der Waals surface area contributed by atoms with Crippen molar-refractivity contribution in [3.05, 3.63) is 83.9 Å². The van der Waals surface area contributed by atoms with Crippen LogP contribution < -0.4 is 4.72 Å². The fourth-order valence-corrected chi connectivity index (χ4v) is 3.78. The van der Waals surface area contributed by atoms with Crippen molar-refractivity contribution < 1.29 is 26.4 Å². The highest BCUT2D eigenvalue weighted by Gasteiger charge is 2.41.